The fourth-order valence-electron chi connectivity index (χ4n) is 3.47. The quantitative estimate of drug-likeness (QED) is 0.372. The average molecular weight is 405 g/mol. The Kier molecular flexibility index (Phi) is 4.72. The number of rotatable bonds is 4. The van der Waals surface area contributed by atoms with Crippen molar-refractivity contribution in [2.24, 2.45) is 0 Å². The summed E-state index contributed by atoms with van der Waals surface area (Å²) in [5, 5.41) is 14.6. The van der Waals surface area contributed by atoms with Gasteiger partial charge >= 0.3 is 0 Å². The number of anilines is 2. The Morgan fingerprint density at radius 1 is 1.14 bits per heavy atom. The molecular formula is C20H19N7OS. The highest BCUT2D eigenvalue weighted by Crippen LogP contribution is 2.40. The highest BCUT2D eigenvalue weighted by atomic mass is 32.2. The van der Waals surface area contributed by atoms with Crippen LogP contribution in [-0.4, -0.2) is 45.2 Å². The van der Waals surface area contributed by atoms with E-state index in [1.54, 1.807) is 4.52 Å². The summed E-state index contributed by atoms with van der Waals surface area (Å²) in [4.78, 5) is 25.4. The van der Waals surface area contributed by atoms with Gasteiger partial charge in [0, 0.05) is 25.5 Å². The van der Waals surface area contributed by atoms with Gasteiger partial charge in [-0.25, -0.2) is 9.50 Å². The molecule has 4 rings (SSSR count). The number of hydrogen-bond acceptors (Lipinski definition) is 8. The maximum atomic E-state index is 12.9. The van der Waals surface area contributed by atoms with Crippen molar-refractivity contribution in [1.29, 1.82) is 5.26 Å². The smallest absolute Gasteiger partial charge is 0.253 e. The lowest BCUT2D eigenvalue weighted by atomic mass is 10.2. The molecule has 0 fully saturated rings. The number of para-hydroxylation sites is 2. The van der Waals surface area contributed by atoms with Crippen molar-refractivity contribution in [3.8, 4) is 6.07 Å². The third kappa shape index (κ3) is 3.21. The molecule has 0 saturated heterocycles. The molecule has 0 unspecified atom stereocenters. The molecule has 3 heterocycles. The Labute approximate surface area is 172 Å². The molecule has 0 aliphatic carbocycles. The third-order valence-electron chi connectivity index (χ3n) is 4.79. The van der Waals surface area contributed by atoms with E-state index in [1.807, 2.05) is 68.1 Å². The van der Waals surface area contributed by atoms with Gasteiger partial charge in [-0.2, -0.15) is 10.2 Å². The maximum absolute atomic E-state index is 12.9. The fraction of sp³-hybridized carbons (Fsp3) is 0.250. The first-order valence-corrected chi connectivity index (χ1v) is 9.97. The van der Waals surface area contributed by atoms with Gasteiger partial charge in [0.2, 0.25) is 5.16 Å². The topological polar surface area (TPSA) is 90.4 Å². The lowest BCUT2D eigenvalue weighted by Gasteiger charge is -2.19. The molecule has 29 heavy (non-hydrogen) atoms. The number of benzene rings is 1. The van der Waals surface area contributed by atoms with Crippen molar-refractivity contribution in [3.63, 3.8) is 0 Å². The molecule has 1 aliphatic rings. The van der Waals surface area contributed by atoms with Gasteiger partial charge < -0.3 is 9.80 Å². The number of nitrogens with zero attached hydrogens (tertiary/aromatic N) is 7. The second-order valence-corrected chi connectivity index (χ2v) is 7.72. The number of fused-ring (bicyclic) bond motifs is 2. The predicted molar refractivity (Wildman–Crippen MR) is 112 cm³/mol. The molecule has 2 aromatic heterocycles. The Morgan fingerprint density at radius 3 is 2.41 bits per heavy atom. The highest BCUT2D eigenvalue weighted by Gasteiger charge is 2.31. The molecule has 146 valence electrons. The minimum atomic E-state index is -0.265. The summed E-state index contributed by atoms with van der Waals surface area (Å²) in [6.07, 6.45) is 0. The number of Topliss-reactive ketones (excluding diaryl/α,β-unsaturated/α-hetero) is 1. The predicted octanol–water partition coefficient (Wildman–Crippen LogP) is 2.72. The van der Waals surface area contributed by atoms with Crippen LogP contribution < -0.4 is 9.80 Å². The lowest BCUT2D eigenvalue weighted by Crippen LogP contribution is -2.26. The van der Waals surface area contributed by atoms with Crippen LogP contribution in [0.4, 0.5) is 11.4 Å². The highest BCUT2D eigenvalue weighted by molar-refractivity contribution is 7.99. The summed E-state index contributed by atoms with van der Waals surface area (Å²) >= 11 is 1.20. The van der Waals surface area contributed by atoms with E-state index in [9.17, 15) is 10.1 Å². The number of allylic oxidation sites excluding steroid dienone is 1. The largest absolute Gasteiger partial charge is 0.328 e. The van der Waals surface area contributed by atoms with Crippen molar-refractivity contribution in [2.45, 2.75) is 19.0 Å². The summed E-state index contributed by atoms with van der Waals surface area (Å²) in [5.74, 6) is 0.885. The first kappa shape index (κ1) is 19.0. The lowest BCUT2D eigenvalue weighted by molar-refractivity contribution is -0.112. The summed E-state index contributed by atoms with van der Waals surface area (Å²) in [5.41, 5.74) is 3.81. The van der Waals surface area contributed by atoms with Crippen molar-refractivity contribution in [1.82, 2.24) is 19.6 Å². The number of carbonyl (C=O) groups excluding carboxylic acids is 1. The van der Waals surface area contributed by atoms with E-state index in [0.717, 1.165) is 22.8 Å². The second-order valence-electron chi connectivity index (χ2n) is 6.77. The van der Waals surface area contributed by atoms with Gasteiger partial charge in [0.25, 0.3) is 5.78 Å². The van der Waals surface area contributed by atoms with Gasteiger partial charge in [-0.15, -0.1) is 5.10 Å². The summed E-state index contributed by atoms with van der Waals surface area (Å²) < 4.78 is 1.65. The van der Waals surface area contributed by atoms with E-state index >= 15 is 0 Å². The van der Waals surface area contributed by atoms with Crippen LogP contribution in [0.3, 0.4) is 0 Å². The Hall–Kier alpha value is -3.38. The Bertz CT molecular complexity index is 1180. The monoisotopic (exact) mass is 405 g/mol. The van der Waals surface area contributed by atoms with Crippen LogP contribution in [0, 0.1) is 25.2 Å². The SMILES string of the molecule is Cc1cc(C)n2nc(SCC(=O)C(C#N)=C3N(C)c4ccccc4N3C)nc2n1. The van der Waals surface area contributed by atoms with Crippen molar-refractivity contribution in [2.75, 3.05) is 29.6 Å². The zero-order valence-electron chi connectivity index (χ0n) is 16.5. The number of aromatic nitrogens is 4. The van der Waals surface area contributed by atoms with Crippen molar-refractivity contribution < 1.29 is 4.79 Å². The van der Waals surface area contributed by atoms with E-state index in [4.69, 9.17) is 0 Å². The summed E-state index contributed by atoms with van der Waals surface area (Å²) in [6, 6.07) is 11.8. The van der Waals surface area contributed by atoms with Crippen LogP contribution >= 0.6 is 11.8 Å². The second kappa shape index (κ2) is 7.22. The first-order valence-electron chi connectivity index (χ1n) is 8.98. The molecule has 8 nitrogen and oxygen atoms in total. The standard InChI is InChI=1S/C20H19N7OS/c1-12-9-13(2)27-19(22-12)23-20(24-27)29-11-17(28)14(10-21)18-25(3)15-7-5-6-8-16(15)26(18)4/h5-9H,11H2,1-4H3. The minimum absolute atomic E-state index is 0.0688. The van der Waals surface area contributed by atoms with Crippen LogP contribution in [0.5, 0.6) is 0 Å². The van der Waals surface area contributed by atoms with E-state index in [0.29, 0.717) is 16.8 Å². The molecule has 1 aliphatic heterocycles. The third-order valence-corrected chi connectivity index (χ3v) is 5.62. The maximum Gasteiger partial charge on any atom is 0.253 e. The average Bonchev–Trinajstić information content (AvgIpc) is 3.22. The molecule has 0 spiro atoms. The Morgan fingerprint density at radius 2 is 1.79 bits per heavy atom. The normalized spacial score (nSPS) is 13.0. The molecule has 0 amide bonds. The molecule has 0 N–H and O–H groups in total. The van der Waals surface area contributed by atoms with Gasteiger partial charge in [-0.1, -0.05) is 23.9 Å². The van der Waals surface area contributed by atoms with E-state index in [2.05, 4.69) is 21.1 Å². The number of nitriles is 1. The minimum Gasteiger partial charge on any atom is -0.328 e. The summed E-state index contributed by atoms with van der Waals surface area (Å²) in [7, 11) is 3.71. The number of hydrogen-bond donors (Lipinski definition) is 0. The molecular weight excluding hydrogens is 386 g/mol. The van der Waals surface area contributed by atoms with Crippen molar-refractivity contribution in [3.05, 3.63) is 53.1 Å². The molecule has 0 bridgehead atoms. The van der Waals surface area contributed by atoms with Crippen LogP contribution in [0.25, 0.3) is 5.78 Å². The van der Waals surface area contributed by atoms with E-state index in [1.165, 1.54) is 11.8 Å². The molecule has 1 aromatic carbocycles. The molecule has 0 radical (unpaired) electrons. The van der Waals surface area contributed by atoms with Gasteiger partial charge in [0.05, 0.1) is 17.1 Å². The fourth-order valence-corrected chi connectivity index (χ4v) is 4.16. The van der Waals surface area contributed by atoms with Crippen LogP contribution in [-0.2, 0) is 4.79 Å². The van der Waals surface area contributed by atoms with E-state index < -0.39 is 0 Å². The number of thioether (sulfide) groups is 1. The first-order chi connectivity index (χ1) is 13.9. The molecule has 3 aromatic rings. The van der Waals surface area contributed by atoms with E-state index in [-0.39, 0.29) is 17.1 Å². The van der Waals surface area contributed by atoms with Gasteiger partial charge in [0.1, 0.15) is 17.5 Å². The number of aryl methyl sites for hydroxylation is 2. The zero-order chi connectivity index (χ0) is 20.7. The molecule has 9 heteroatoms. The van der Waals surface area contributed by atoms with Gasteiger partial charge in [0.15, 0.2) is 5.78 Å². The number of carbonyl (C=O) groups is 1. The van der Waals surface area contributed by atoms with Crippen LogP contribution in [0.1, 0.15) is 11.4 Å². The van der Waals surface area contributed by atoms with Gasteiger partial charge in [-0.05, 0) is 32.0 Å². The Balaban J connectivity index is 1.59. The van der Waals surface area contributed by atoms with Crippen LogP contribution in [0.15, 0.2) is 46.9 Å². The van der Waals surface area contributed by atoms with Gasteiger partial charge in [-0.3, -0.25) is 4.79 Å². The zero-order valence-corrected chi connectivity index (χ0v) is 17.4. The van der Waals surface area contributed by atoms with Crippen molar-refractivity contribution >= 4 is 34.7 Å². The summed E-state index contributed by atoms with van der Waals surface area (Å²) in [6.45, 7) is 3.83. The molecule has 0 saturated carbocycles. The van der Waals surface area contributed by atoms with Crippen LogP contribution in [0.2, 0.25) is 0 Å². The molecule has 0 atom stereocenters. The number of ketones is 1.